The minimum absolute atomic E-state index is 0.176. The molecule has 0 fully saturated rings. The van der Waals surface area contributed by atoms with Gasteiger partial charge in [-0.3, -0.25) is 10.1 Å². The summed E-state index contributed by atoms with van der Waals surface area (Å²) >= 11 is 1.45. The number of anilines is 1. The van der Waals surface area contributed by atoms with Crippen LogP contribution < -0.4 is 5.32 Å². The molecule has 0 aliphatic carbocycles. The van der Waals surface area contributed by atoms with Crippen LogP contribution in [0.5, 0.6) is 0 Å². The normalized spacial score (nSPS) is 9.93. The standard InChI is InChI=1S/C11H9N2OS/c1-8-7-12-11(15-8)13-10(14)9-5-3-2-4-6-9/h2-5,7H,1H3,(H,12,13,14). The van der Waals surface area contributed by atoms with Crippen molar-refractivity contribution in [2.75, 3.05) is 5.32 Å². The number of hydrogen-bond acceptors (Lipinski definition) is 3. The lowest BCUT2D eigenvalue weighted by molar-refractivity contribution is 0.102. The van der Waals surface area contributed by atoms with Gasteiger partial charge in [0.1, 0.15) is 0 Å². The largest absolute Gasteiger partial charge is 0.298 e. The maximum absolute atomic E-state index is 11.6. The Kier molecular flexibility index (Phi) is 2.78. The van der Waals surface area contributed by atoms with E-state index in [9.17, 15) is 4.79 Å². The maximum Gasteiger partial charge on any atom is 0.258 e. The summed E-state index contributed by atoms with van der Waals surface area (Å²) in [5, 5.41) is 3.34. The fourth-order valence-corrected chi connectivity index (χ4v) is 1.77. The highest BCUT2D eigenvalue weighted by atomic mass is 32.1. The van der Waals surface area contributed by atoms with Crippen LogP contribution in [0.25, 0.3) is 0 Å². The predicted molar refractivity (Wildman–Crippen MR) is 60.1 cm³/mol. The molecule has 3 nitrogen and oxygen atoms in total. The van der Waals surface area contributed by atoms with Gasteiger partial charge in [0.2, 0.25) is 0 Å². The first-order chi connectivity index (χ1) is 7.25. The van der Waals surface area contributed by atoms with Crippen molar-refractivity contribution in [1.82, 2.24) is 4.98 Å². The average Bonchev–Trinajstić information content (AvgIpc) is 2.65. The number of amides is 1. The van der Waals surface area contributed by atoms with Crippen LogP contribution in [0.4, 0.5) is 5.13 Å². The van der Waals surface area contributed by atoms with Gasteiger partial charge < -0.3 is 0 Å². The quantitative estimate of drug-likeness (QED) is 0.839. The molecule has 0 bridgehead atoms. The topological polar surface area (TPSA) is 42.0 Å². The number of aromatic nitrogens is 1. The first-order valence-electron chi connectivity index (χ1n) is 4.46. The zero-order valence-electron chi connectivity index (χ0n) is 8.15. The molecule has 0 aliphatic heterocycles. The second-order valence-corrected chi connectivity index (χ2v) is 4.24. The number of nitrogens with one attached hydrogen (secondary N) is 1. The van der Waals surface area contributed by atoms with Crippen molar-refractivity contribution >= 4 is 22.4 Å². The Bertz CT molecular complexity index is 464. The van der Waals surface area contributed by atoms with Gasteiger partial charge in [0.25, 0.3) is 5.91 Å². The first kappa shape index (κ1) is 9.86. The van der Waals surface area contributed by atoms with E-state index in [2.05, 4.69) is 16.4 Å². The molecular weight excluding hydrogens is 208 g/mol. The number of benzene rings is 1. The zero-order valence-corrected chi connectivity index (χ0v) is 8.97. The van der Waals surface area contributed by atoms with E-state index < -0.39 is 0 Å². The van der Waals surface area contributed by atoms with Gasteiger partial charge in [-0.1, -0.05) is 18.2 Å². The Morgan fingerprint density at radius 1 is 1.53 bits per heavy atom. The minimum atomic E-state index is -0.176. The lowest BCUT2D eigenvalue weighted by Gasteiger charge is -1.99. The molecule has 0 saturated heterocycles. The highest BCUT2D eigenvalue weighted by Crippen LogP contribution is 2.17. The Morgan fingerprint density at radius 3 is 3.00 bits per heavy atom. The monoisotopic (exact) mass is 217 g/mol. The van der Waals surface area contributed by atoms with Gasteiger partial charge in [0.05, 0.1) is 0 Å². The van der Waals surface area contributed by atoms with Crippen molar-refractivity contribution in [2.24, 2.45) is 0 Å². The Balaban J connectivity index is 2.11. The van der Waals surface area contributed by atoms with Gasteiger partial charge in [-0.05, 0) is 19.1 Å². The molecule has 2 rings (SSSR count). The molecule has 0 spiro atoms. The van der Waals surface area contributed by atoms with Crippen LogP contribution in [0.2, 0.25) is 0 Å². The van der Waals surface area contributed by atoms with Crippen LogP contribution in [-0.4, -0.2) is 10.9 Å². The van der Waals surface area contributed by atoms with E-state index in [0.29, 0.717) is 10.7 Å². The van der Waals surface area contributed by atoms with Crippen LogP contribution in [0.3, 0.4) is 0 Å². The predicted octanol–water partition coefficient (Wildman–Crippen LogP) is 2.50. The molecule has 1 aromatic carbocycles. The molecule has 1 aromatic heterocycles. The van der Waals surface area contributed by atoms with Crippen LogP contribution in [0.1, 0.15) is 15.2 Å². The number of rotatable bonds is 2. The second kappa shape index (κ2) is 4.23. The third-order valence-corrected chi connectivity index (χ3v) is 2.62. The van der Waals surface area contributed by atoms with E-state index in [-0.39, 0.29) is 5.91 Å². The summed E-state index contributed by atoms with van der Waals surface area (Å²) in [4.78, 5) is 16.8. The molecule has 75 valence electrons. The van der Waals surface area contributed by atoms with Gasteiger partial charge in [-0.25, -0.2) is 4.98 Å². The minimum Gasteiger partial charge on any atom is -0.298 e. The maximum atomic E-state index is 11.6. The molecule has 1 radical (unpaired) electrons. The summed E-state index contributed by atoms with van der Waals surface area (Å²) in [6, 6.07) is 9.92. The Morgan fingerprint density at radius 2 is 2.40 bits per heavy atom. The van der Waals surface area contributed by atoms with Gasteiger partial charge in [0.15, 0.2) is 5.13 Å². The number of carbonyl (C=O) groups excluding carboxylic acids is 1. The summed E-state index contributed by atoms with van der Waals surface area (Å²) in [5.74, 6) is -0.176. The third kappa shape index (κ3) is 2.41. The van der Waals surface area contributed by atoms with E-state index in [1.54, 1.807) is 24.4 Å². The van der Waals surface area contributed by atoms with Crippen molar-refractivity contribution in [1.29, 1.82) is 0 Å². The molecule has 0 aliphatic rings. The van der Waals surface area contributed by atoms with E-state index in [1.165, 1.54) is 11.3 Å². The van der Waals surface area contributed by atoms with Gasteiger partial charge in [-0.2, -0.15) is 0 Å². The molecule has 15 heavy (non-hydrogen) atoms. The molecule has 0 saturated carbocycles. The first-order valence-corrected chi connectivity index (χ1v) is 5.28. The molecular formula is C11H9N2OS. The average molecular weight is 217 g/mol. The fraction of sp³-hybridized carbons (Fsp3) is 0.0909. The van der Waals surface area contributed by atoms with Gasteiger partial charge >= 0.3 is 0 Å². The lowest BCUT2D eigenvalue weighted by atomic mass is 10.2. The number of nitrogens with zero attached hydrogens (tertiary/aromatic N) is 1. The van der Waals surface area contributed by atoms with Crippen molar-refractivity contribution in [2.45, 2.75) is 6.92 Å². The summed E-state index contributed by atoms with van der Waals surface area (Å²) in [5.41, 5.74) is 0.519. The summed E-state index contributed by atoms with van der Waals surface area (Å²) in [7, 11) is 0. The lowest BCUT2D eigenvalue weighted by Crippen LogP contribution is -2.11. The van der Waals surface area contributed by atoms with Gasteiger partial charge in [0, 0.05) is 16.6 Å². The second-order valence-electron chi connectivity index (χ2n) is 3.01. The summed E-state index contributed by atoms with van der Waals surface area (Å²) < 4.78 is 0. The van der Waals surface area contributed by atoms with Crippen LogP contribution in [0.15, 0.2) is 30.5 Å². The number of carbonyl (C=O) groups is 1. The zero-order chi connectivity index (χ0) is 10.7. The van der Waals surface area contributed by atoms with E-state index in [1.807, 2.05) is 13.0 Å². The molecule has 1 heterocycles. The SMILES string of the molecule is Cc1cnc(NC(=O)c2[c]cccc2)s1. The molecule has 1 amide bonds. The van der Waals surface area contributed by atoms with E-state index >= 15 is 0 Å². The van der Waals surface area contributed by atoms with Crippen molar-refractivity contribution in [3.8, 4) is 0 Å². The number of aryl methyl sites for hydroxylation is 1. The fourth-order valence-electron chi connectivity index (χ4n) is 1.11. The van der Waals surface area contributed by atoms with E-state index in [0.717, 1.165) is 4.88 Å². The van der Waals surface area contributed by atoms with Crippen molar-refractivity contribution in [3.05, 3.63) is 47.0 Å². The molecule has 0 unspecified atom stereocenters. The highest BCUT2D eigenvalue weighted by Gasteiger charge is 2.07. The smallest absolute Gasteiger partial charge is 0.258 e. The number of thiazole rings is 1. The molecule has 4 heteroatoms. The Labute approximate surface area is 91.8 Å². The molecule has 2 aromatic rings. The number of hydrogen-bond donors (Lipinski definition) is 1. The molecule has 1 N–H and O–H groups in total. The summed E-state index contributed by atoms with van der Waals surface area (Å²) in [6.45, 7) is 1.95. The van der Waals surface area contributed by atoms with Crippen molar-refractivity contribution in [3.63, 3.8) is 0 Å². The third-order valence-electron chi connectivity index (χ3n) is 1.80. The molecule has 0 atom stereocenters. The Hall–Kier alpha value is -1.68. The van der Waals surface area contributed by atoms with Crippen LogP contribution in [-0.2, 0) is 0 Å². The van der Waals surface area contributed by atoms with Gasteiger partial charge in [-0.15, -0.1) is 11.3 Å². The van der Waals surface area contributed by atoms with Crippen LogP contribution in [0, 0.1) is 13.0 Å². The summed E-state index contributed by atoms with van der Waals surface area (Å²) in [6.07, 6.45) is 1.73. The van der Waals surface area contributed by atoms with Crippen LogP contribution >= 0.6 is 11.3 Å². The highest BCUT2D eigenvalue weighted by molar-refractivity contribution is 7.15. The van der Waals surface area contributed by atoms with Crippen molar-refractivity contribution < 1.29 is 4.79 Å². The van der Waals surface area contributed by atoms with E-state index in [4.69, 9.17) is 0 Å².